The maximum absolute atomic E-state index is 6.30. The van der Waals surface area contributed by atoms with E-state index >= 15 is 0 Å². The molecular weight excluding hydrogens is 308 g/mol. The zero-order chi connectivity index (χ0) is 17.4. The van der Waals surface area contributed by atoms with Crippen LogP contribution in [0.5, 0.6) is 0 Å². The molecule has 1 saturated carbocycles. The first kappa shape index (κ1) is 15.2. The summed E-state index contributed by atoms with van der Waals surface area (Å²) in [4.78, 5) is 7.14. The van der Waals surface area contributed by atoms with E-state index in [1.165, 1.54) is 42.3 Å². The number of pyridine rings is 1. The quantitative estimate of drug-likeness (QED) is 0.560. The van der Waals surface area contributed by atoms with Gasteiger partial charge in [0.1, 0.15) is 0 Å². The van der Waals surface area contributed by atoms with E-state index in [1.54, 1.807) is 0 Å². The Labute approximate surface area is 149 Å². The van der Waals surface area contributed by atoms with Crippen molar-refractivity contribution in [1.29, 1.82) is 0 Å². The largest absolute Gasteiger partial charge is 0.436 e. The van der Waals surface area contributed by atoms with Crippen LogP contribution in [0.4, 0.5) is 5.69 Å². The molecule has 2 aromatic heterocycles. The third-order valence-electron chi connectivity index (χ3n) is 7.28. The van der Waals surface area contributed by atoms with Crippen molar-refractivity contribution in [3.63, 3.8) is 0 Å². The first-order chi connectivity index (χ1) is 11.9. The third-order valence-corrected chi connectivity index (χ3v) is 7.28. The highest BCUT2D eigenvalue weighted by atomic mass is 16.3. The molecule has 130 valence electrons. The molecule has 3 fully saturated rings. The Balaban J connectivity index is 1.81. The van der Waals surface area contributed by atoms with Gasteiger partial charge < -0.3 is 9.32 Å². The summed E-state index contributed by atoms with van der Waals surface area (Å²) < 4.78 is 6.30. The van der Waals surface area contributed by atoms with E-state index in [2.05, 4.69) is 55.8 Å². The molecule has 25 heavy (non-hydrogen) atoms. The van der Waals surface area contributed by atoms with Gasteiger partial charge in [0.2, 0.25) is 5.71 Å². The van der Waals surface area contributed by atoms with Crippen LogP contribution in [-0.2, 0) is 0 Å². The average Bonchev–Trinajstić information content (AvgIpc) is 2.97. The highest BCUT2D eigenvalue weighted by Gasteiger charge is 2.53. The minimum atomic E-state index is 0.225. The fourth-order valence-electron chi connectivity index (χ4n) is 5.32. The highest BCUT2D eigenvalue weighted by molar-refractivity contribution is 6.08. The van der Waals surface area contributed by atoms with Gasteiger partial charge in [0.25, 0.3) is 0 Å². The van der Waals surface area contributed by atoms with E-state index in [4.69, 9.17) is 4.42 Å². The number of anilines is 1. The summed E-state index contributed by atoms with van der Waals surface area (Å²) in [5, 5.41) is 2.30. The molecule has 0 spiro atoms. The molecular formula is C22H26N2O. The first-order valence-corrected chi connectivity index (χ1v) is 9.49. The number of aromatic nitrogens is 1. The Morgan fingerprint density at radius 2 is 1.84 bits per heavy atom. The van der Waals surface area contributed by atoms with Gasteiger partial charge in [0.05, 0.1) is 5.69 Å². The van der Waals surface area contributed by atoms with Gasteiger partial charge in [0, 0.05) is 28.6 Å². The molecule has 1 atom stereocenters. The van der Waals surface area contributed by atoms with Crippen LogP contribution in [0, 0.1) is 12.3 Å². The summed E-state index contributed by atoms with van der Waals surface area (Å²) in [7, 11) is 0. The highest BCUT2D eigenvalue weighted by Crippen LogP contribution is 2.56. The van der Waals surface area contributed by atoms with Gasteiger partial charge in [-0.3, -0.25) is 0 Å². The van der Waals surface area contributed by atoms with Crippen molar-refractivity contribution in [1.82, 2.24) is 4.98 Å². The number of furan rings is 1. The number of piperidine rings is 2. The second kappa shape index (κ2) is 4.78. The number of nitrogens with zero attached hydrogens (tertiary/aromatic N) is 2. The van der Waals surface area contributed by atoms with Gasteiger partial charge in [-0.2, -0.15) is 0 Å². The van der Waals surface area contributed by atoms with Crippen LogP contribution in [0.25, 0.3) is 22.1 Å². The summed E-state index contributed by atoms with van der Waals surface area (Å²) in [6.45, 7) is 9.55. The minimum Gasteiger partial charge on any atom is -0.436 e. The lowest BCUT2D eigenvalue weighted by atomic mass is 9.59. The lowest BCUT2D eigenvalue weighted by Crippen LogP contribution is -2.65. The summed E-state index contributed by atoms with van der Waals surface area (Å²) in [5.41, 5.74) is 4.97. The molecule has 1 aliphatic carbocycles. The van der Waals surface area contributed by atoms with E-state index in [0.717, 1.165) is 16.7 Å². The molecule has 0 radical (unpaired) electrons. The van der Waals surface area contributed by atoms with Gasteiger partial charge in [-0.1, -0.05) is 19.1 Å². The lowest BCUT2D eigenvalue weighted by Gasteiger charge is -2.63. The summed E-state index contributed by atoms with van der Waals surface area (Å²) in [5.74, 6) is 0. The Kier molecular flexibility index (Phi) is 2.91. The first-order valence-electron chi connectivity index (χ1n) is 9.49. The van der Waals surface area contributed by atoms with E-state index < -0.39 is 0 Å². The predicted molar refractivity (Wildman–Crippen MR) is 103 cm³/mol. The van der Waals surface area contributed by atoms with Crippen LogP contribution in [0.15, 0.2) is 34.9 Å². The fourth-order valence-corrected chi connectivity index (χ4v) is 5.32. The maximum Gasteiger partial charge on any atom is 0.227 e. The molecule has 2 aliphatic heterocycles. The van der Waals surface area contributed by atoms with Crippen molar-refractivity contribution in [2.24, 2.45) is 5.41 Å². The number of hydrogen-bond donors (Lipinski definition) is 0. The molecule has 3 aromatic rings. The number of hydrogen-bond acceptors (Lipinski definition) is 3. The molecule has 0 N–H and O–H groups in total. The molecule has 0 amide bonds. The SMILES string of the molecule is Cc1ccc2c(oc3ncccc32)c1N1[C@@H](C)C2(C)CCC1(C)CC2. The number of aryl methyl sites for hydroxylation is 1. The molecule has 3 nitrogen and oxygen atoms in total. The molecule has 0 unspecified atom stereocenters. The van der Waals surface area contributed by atoms with E-state index in [9.17, 15) is 0 Å². The molecule has 6 rings (SSSR count). The predicted octanol–water partition coefficient (Wildman–Crippen LogP) is 5.84. The minimum absolute atomic E-state index is 0.225. The van der Waals surface area contributed by atoms with Crippen molar-refractivity contribution in [2.45, 2.75) is 65.0 Å². The fraction of sp³-hybridized carbons (Fsp3) is 0.500. The number of benzene rings is 1. The average molecular weight is 334 g/mol. The Morgan fingerprint density at radius 3 is 2.60 bits per heavy atom. The second-order valence-corrected chi connectivity index (χ2v) is 8.76. The molecule has 3 aliphatic rings. The van der Waals surface area contributed by atoms with Crippen LogP contribution >= 0.6 is 0 Å². The normalized spacial score (nSPS) is 32.0. The molecule has 2 saturated heterocycles. The number of rotatable bonds is 1. The zero-order valence-corrected chi connectivity index (χ0v) is 15.6. The number of fused-ring (bicyclic) bond motifs is 6. The van der Waals surface area contributed by atoms with Gasteiger partial charge in [0.15, 0.2) is 5.58 Å². The van der Waals surface area contributed by atoms with Crippen molar-refractivity contribution in [2.75, 3.05) is 4.90 Å². The van der Waals surface area contributed by atoms with E-state index in [0.29, 0.717) is 11.5 Å². The Hall–Kier alpha value is -2.03. The summed E-state index contributed by atoms with van der Waals surface area (Å²) in [6, 6.07) is 9.07. The van der Waals surface area contributed by atoms with Gasteiger partial charge in [-0.25, -0.2) is 4.98 Å². The summed E-state index contributed by atoms with van der Waals surface area (Å²) >= 11 is 0. The lowest BCUT2D eigenvalue weighted by molar-refractivity contribution is 0.0510. The third kappa shape index (κ3) is 1.90. The molecule has 4 heterocycles. The monoisotopic (exact) mass is 334 g/mol. The van der Waals surface area contributed by atoms with Crippen LogP contribution in [0.3, 0.4) is 0 Å². The van der Waals surface area contributed by atoms with Crippen molar-refractivity contribution < 1.29 is 4.42 Å². The van der Waals surface area contributed by atoms with Crippen LogP contribution in [0.2, 0.25) is 0 Å². The second-order valence-electron chi connectivity index (χ2n) is 8.76. The zero-order valence-electron chi connectivity index (χ0n) is 15.6. The van der Waals surface area contributed by atoms with E-state index in [1.807, 2.05) is 12.3 Å². The Bertz CT molecular complexity index is 978. The molecule has 3 heteroatoms. The van der Waals surface area contributed by atoms with Gasteiger partial charge in [-0.05, 0) is 69.6 Å². The Morgan fingerprint density at radius 1 is 1.08 bits per heavy atom. The van der Waals surface area contributed by atoms with Crippen LogP contribution in [0.1, 0.15) is 52.0 Å². The van der Waals surface area contributed by atoms with Crippen LogP contribution < -0.4 is 4.90 Å². The van der Waals surface area contributed by atoms with E-state index in [-0.39, 0.29) is 5.54 Å². The maximum atomic E-state index is 6.30. The standard InChI is InChI=1S/C22H26N2O/c1-14-7-8-16-17-6-5-13-23-20(17)25-19(16)18(14)24-15(2)21(3)9-11-22(24,4)12-10-21/h5-8,13,15H,9-12H2,1-4H3/t15-,21?,22?/m0/s1. The smallest absolute Gasteiger partial charge is 0.227 e. The van der Waals surface area contributed by atoms with Gasteiger partial charge >= 0.3 is 0 Å². The van der Waals surface area contributed by atoms with Crippen molar-refractivity contribution in [3.05, 3.63) is 36.0 Å². The van der Waals surface area contributed by atoms with Crippen LogP contribution in [-0.4, -0.2) is 16.6 Å². The van der Waals surface area contributed by atoms with Crippen molar-refractivity contribution in [3.8, 4) is 0 Å². The van der Waals surface area contributed by atoms with Gasteiger partial charge in [-0.15, -0.1) is 0 Å². The topological polar surface area (TPSA) is 29.3 Å². The van der Waals surface area contributed by atoms with Crippen molar-refractivity contribution >= 4 is 27.8 Å². The molecule has 1 aromatic carbocycles. The summed E-state index contributed by atoms with van der Waals surface area (Å²) in [6.07, 6.45) is 7.01. The molecule has 2 bridgehead atoms.